The average molecular weight is 253 g/mol. The topological polar surface area (TPSA) is 68.5 Å². The zero-order chi connectivity index (χ0) is 13.2. The standard InChI is InChI=1S/C13H19NO4/c1-2-17-13(16)6-3-9-14-12(15)8-7-11-5-4-10-18-11/h4-5,10H,2-3,6-9H2,1H3,(H,14,15). The van der Waals surface area contributed by atoms with Crippen LogP contribution in [0.15, 0.2) is 22.8 Å². The fourth-order valence-corrected chi connectivity index (χ4v) is 1.47. The van der Waals surface area contributed by atoms with Crippen molar-refractivity contribution in [3.8, 4) is 0 Å². The van der Waals surface area contributed by atoms with Crippen LogP contribution in [-0.2, 0) is 20.7 Å². The molecule has 1 heterocycles. The van der Waals surface area contributed by atoms with Crippen molar-refractivity contribution in [1.82, 2.24) is 5.32 Å². The highest BCUT2D eigenvalue weighted by atomic mass is 16.5. The summed E-state index contributed by atoms with van der Waals surface area (Å²) in [6.45, 7) is 2.67. The third-order valence-corrected chi connectivity index (χ3v) is 2.36. The maximum Gasteiger partial charge on any atom is 0.305 e. The minimum Gasteiger partial charge on any atom is -0.469 e. The van der Waals surface area contributed by atoms with E-state index in [-0.39, 0.29) is 11.9 Å². The van der Waals surface area contributed by atoms with Crippen molar-refractivity contribution in [3.63, 3.8) is 0 Å². The molecule has 0 aromatic carbocycles. The van der Waals surface area contributed by atoms with Crippen LogP contribution in [0.3, 0.4) is 0 Å². The lowest BCUT2D eigenvalue weighted by Crippen LogP contribution is -2.25. The summed E-state index contributed by atoms with van der Waals surface area (Å²) < 4.78 is 9.91. The highest BCUT2D eigenvalue weighted by Gasteiger charge is 2.05. The van der Waals surface area contributed by atoms with Crippen molar-refractivity contribution in [2.24, 2.45) is 0 Å². The zero-order valence-electron chi connectivity index (χ0n) is 10.6. The van der Waals surface area contributed by atoms with E-state index in [1.807, 2.05) is 6.07 Å². The molecule has 0 saturated heterocycles. The van der Waals surface area contributed by atoms with E-state index in [0.29, 0.717) is 38.8 Å². The van der Waals surface area contributed by atoms with Gasteiger partial charge < -0.3 is 14.5 Å². The van der Waals surface area contributed by atoms with Crippen LogP contribution < -0.4 is 5.32 Å². The van der Waals surface area contributed by atoms with Gasteiger partial charge in [0, 0.05) is 25.8 Å². The van der Waals surface area contributed by atoms with Crippen molar-refractivity contribution in [3.05, 3.63) is 24.2 Å². The second kappa shape index (κ2) is 8.33. The van der Waals surface area contributed by atoms with Gasteiger partial charge in [0.25, 0.3) is 0 Å². The van der Waals surface area contributed by atoms with E-state index in [1.165, 1.54) is 0 Å². The predicted molar refractivity (Wildman–Crippen MR) is 65.9 cm³/mol. The van der Waals surface area contributed by atoms with Crippen molar-refractivity contribution in [2.45, 2.75) is 32.6 Å². The molecular weight excluding hydrogens is 234 g/mol. The van der Waals surface area contributed by atoms with E-state index in [0.717, 1.165) is 5.76 Å². The first kappa shape index (κ1) is 14.3. The molecule has 0 fully saturated rings. The minimum atomic E-state index is -0.220. The highest BCUT2D eigenvalue weighted by Crippen LogP contribution is 2.03. The summed E-state index contributed by atoms with van der Waals surface area (Å²) in [6.07, 6.45) is 3.52. The Bertz CT molecular complexity index is 359. The van der Waals surface area contributed by atoms with Crippen molar-refractivity contribution in [1.29, 1.82) is 0 Å². The molecule has 1 rings (SSSR count). The molecule has 0 bridgehead atoms. The quantitative estimate of drug-likeness (QED) is 0.565. The molecule has 0 atom stereocenters. The molecule has 100 valence electrons. The van der Waals surface area contributed by atoms with Crippen molar-refractivity contribution in [2.75, 3.05) is 13.2 Å². The number of esters is 1. The number of carbonyl (C=O) groups excluding carboxylic acids is 2. The number of hydrogen-bond donors (Lipinski definition) is 1. The van der Waals surface area contributed by atoms with Gasteiger partial charge in [0.1, 0.15) is 5.76 Å². The molecule has 0 saturated carbocycles. The number of hydrogen-bond acceptors (Lipinski definition) is 4. The van der Waals surface area contributed by atoms with E-state index in [1.54, 1.807) is 19.3 Å². The Morgan fingerprint density at radius 3 is 2.89 bits per heavy atom. The van der Waals surface area contributed by atoms with Crippen LogP contribution in [0.1, 0.15) is 31.9 Å². The van der Waals surface area contributed by atoms with Crippen LogP contribution in [0, 0.1) is 0 Å². The van der Waals surface area contributed by atoms with Gasteiger partial charge in [0.15, 0.2) is 0 Å². The average Bonchev–Trinajstić information content (AvgIpc) is 2.85. The molecule has 0 aliphatic carbocycles. The smallest absolute Gasteiger partial charge is 0.305 e. The molecule has 0 spiro atoms. The van der Waals surface area contributed by atoms with Gasteiger partial charge in [-0.05, 0) is 25.5 Å². The van der Waals surface area contributed by atoms with Gasteiger partial charge in [-0.1, -0.05) is 0 Å². The molecule has 0 aliphatic rings. The fraction of sp³-hybridized carbons (Fsp3) is 0.538. The Morgan fingerprint density at radius 2 is 2.22 bits per heavy atom. The van der Waals surface area contributed by atoms with Crippen molar-refractivity contribution < 1.29 is 18.7 Å². The zero-order valence-corrected chi connectivity index (χ0v) is 10.6. The summed E-state index contributed by atoms with van der Waals surface area (Å²) in [7, 11) is 0. The number of carbonyl (C=O) groups is 2. The first-order valence-corrected chi connectivity index (χ1v) is 6.17. The summed E-state index contributed by atoms with van der Waals surface area (Å²) >= 11 is 0. The summed E-state index contributed by atoms with van der Waals surface area (Å²) in [4.78, 5) is 22.5. The van der Waals surface area contributed by atoms with Crippen LogP contribution in [0.25, 0.3) is 0 Å². The number of ether oxygens (including phenoxy) is 1. The largest absolute Gasteiger partial charge is 0.469 e. The van der Waals surface area contributed by atoms with E-state index < -0.39 is 0 Å². The van der Waals surface area contributed by atoms with Gasteiger partial charge >= 0.3 is 5.97 Å². The third-order valence-electron chi connectivity index (χ3n) is 2.36. The molecule has 1 N–H and O–H groups in total. The molecule has 1 amide bonds. The van der Waals surface area contributed by atoms with Crippen LogP contribution >= 0.6 is 0 Å². The van der Waals surface area contributed by atoms with Gasteiger partial charge in [-0.25, -0.2) is 0 Å². The summed E-state index contributed by atoms with van der Waals surface area (Å²) in [5.74, 6) is 0.550. The van der Waals surface area contributed by atoms with E-state index in [9.17, 15) is 9.59 Å². The Balaban J connectivity index is 2.01. The fourth-order valence-electron chi connectivity index (χ4n) is 1.47. The van der Waals surface area contributed by atoms with Crippen LogP contribution in [-0.4, -0.2) is 25.0 Å². The lowest BCUT2D eigenvalue weighted by molar-refractivity contribution is -0.143. The first-order valence-electron chi connectivity index (χ1n) is 6.17. The highest BCUT2D eigenvalue weighted by molar-refractivity contribution is 5.76. The Labute approximate surface area is 106 Å². The van der Waals surface area contributed by atoms with Gasteiger partial charge in [0.2, 0.25) is 5.91 Å². The molecule has 5 heteroatoms. The lowest BCUT2D eigenvalue weighted by Gasteiger charge is -2.04. The number of furan rings is 1. The molecule has 5 nitrogen and oxygen atoms in total. The second-order valence-electron chi connectivity index (χ2n) is 3.84. The maximum atomic E-state index is 11.4. The minimum absolute atomic E-state index is 0.0322. The molecule has 0 radical (unpaired) electrons. The van der Waals surface area contributed by atoms with Gasteiger partial charge in [0.05, 0.1) is 12.9 Å². The first-order chi connectivity index (χ1) is 8.72. The summed E-state index contributed by atoms with van der Waals surface area (Å²) in [5.41, 5.74) is 0. The van der Waals surface area contributed by atoms with E-state index >= 15 is 0 Å². The molecule has 1 aromatic heterocycles. The van der Waals surface area contributed by atoms with Crippen LogP contribution in [0.4, 0.5) is 0 Å². The molecule has 1 aromatic rings. The molecule has 0 unspecified atom stereocenters. The van der Waals surface area contributed by atoms with Gasteiger partial charge in [-0.2, -0.15) is 0 Å². The Hall–Kier alpha value is -1.78. The number of amides is 1. The van der Waals surface area contributed by atoms with E-state index in [2.05, 4.69) is 5.32 Å². The predicted octanol–water partition coefficient (Wildman–Crippen LogP) is 1.67. The van der Waals surface area contributed by atoms with E-state index in [4.69, 9.17) is 9.15 Å². The van der Waals surface area contributed by atoms with Gasteiger partial charge in [-0.15, -0.1) is 0 Å². The van der Waals surface area contributed by atoms with Crippen LogP contribution in [0.2, 0.25) is 0 Å². The van der Waals surface area contributed by atoms with Crippen molar-refractivity contribution >= 4 is 11.9 Å². The Kier molecular flexibility index (Phi) is 6.61. The van der Waals surface area contributed by atoms with Crippen LogP contribution in [0.5, 0.6) is 0 Å². The lowest BCUT2D eigenvalue weighted by atomic mass is 10.2. The maximum absolute atomic E-state index is 11.4. The monoisotopic (exact) mass is 253 g/mol. The molecule has 0 aliphatic heterocycles. The molecular formula is C13H19NO4. The third kappa shape index (κ3) is 6.08. The van der Waals surface area contributed by atoms with Gasteiger partial charge in [-0.3, -0.25) is 9.59 Å². The summed E-state index contributed by atoms with van der Waals surface area (Å²) in [5, 5.41) is 2.75. The number of nitrogens with one attached hydrogen (secondary N) is 1. The number of rotatable bonds is 8. The summed E-state index contributed by atoms with van der Waals surface area (Å²) in [6, 6.07) is 3.64. The normalized spacial score (nSPS) is 10.1. The molecule has 18 heavy (non-hydrogen) atoms. The Morgan fingerprint density at radius 1 is 1.39 bits per heavy atom. The second-order valence-corrected chi connectivity index (χ2v) is 3.84. The SMILES string of the molecule is CCOC(=O)CCCNC(=O)CCc1ccco1. The number of aryl methyl sites for hydroxylation is 1.